The summed E-state index contributed by atoms with van der Waals surface area (Å²) in [4.78, 5) is 21.3. The monoisotopic (exact) mass is 555 g/mol. The van der Waals surface area contributed by atoms with Crippen LogP contribution in [0.1, 0.15) is 5.56 Å². The Kier molecular flexibility index (Phi) is 9.37. The van der Waals surface area contributed by atoms with Crippen LogP contribution in [0.3, 0.4) is 0 Å². The molecule has 2 atom stereocenters. The quantitative estimate of drug-likeness (QED) is 0.341. The number of guanidine groups is 1. The van der Waals surface area contributed by atoms with Crippen molar-refractivity contribution in [3.05, 3.63) is 35.9 Å². The van der Waals surface area contributed by atoms with Gasteiger partial charge < -0.3 is 19.9 Å². The molecule has 0 aromatic heterocycles. The zero-order valence-electron chi connectivity index (χ0n) is 17.6. The maximum atomic E-state index is 12.5. The number of carbonyl (C=O) groups is 1. The second-order valence-corrected chi connectivity index (χ2v) is 7.60. The lowest BCUT2D eigenvalue weighted by Crippen LogP contribution is -2.50. The van der Waals surface area contributed by atoms with Crippen LogP contribution in [0.5, 0.6) is 0 Å². The molecule has 2 aliphatic rings. The van der Waals surface area contributed by atoms with Gasteiger partial charge in [-0.1, -0.05) is 30.3 Å². The Morgan fingerprint density at radius 2 is 2.00 bits per heavy atom. The first-order valence-corrected chi connectivity index (χ1v) is 9.92. The van der Waals surface area contributed by atoms with E-state index in [9.17, 15) is 18.0 Å². The fraction of sp³-hybridized carbons (Fsp3) is 0.600. The van der Waals surface area contributed by atoms with E-state index in [2.05, 4.69) is 27.3 Å². The Bertz CT molecular complexity index is 750. The summed E-state index contributed by atoms with van der Waals surface area (Å²) in [5.74, 6) is -0.159. The summed E-state index contributed by atoms with van der Waals surface area (Å²) in [5.41, 5.74) is 1.23. The molecule has 2 saturated heterocycles. The van der Waals surface area contributed by atoms with Gasteiger partial charge in [0.05, 0.1) is 25.3 Å². The molecule has 1 aromatic carbocycles. The van der Waals surface area contributed by atoms with Crippen molar-refractivity contribution in [2.75, 3.05) is 53.4 Å². The molecule has 11 heteroatoms. The first-order chi connectivity index (χ1) is 14.3. The SMILES string of the molecule is CN=C(NCC(=O)N(C)CC(F)(F)F)N1CC2OCCN(Cc3ccccc3)C2C1.I. The fourth-order valence-electron chi connectivity index (χ4n) is 3.92. The molecule has 174 valence electrons. The Morgan fingerprint density at radius 1 is 1.29 bits per heavy atom. The third kappa shape index (κ3) is 7.21. The van der Waals surface area contributed by atoms with Gasteiger partial charge in [-0.05, 0) is 5.56 Å². The second kappa shape index (κ2) is 11.3. The van der Waals surface area contributed by atoms with Crippen LogP contribution in [0.25, 0.3) is 0 Å². The Morgan fingerprint density at radius 3 is 2.65 bits per heavy atom. The van der Waals surface area contributed by atoms with Gasteiger partial charge in [-0.25, -0.2) is 0 Å². The number of benzene rings is 1. The predicted molar refractivity (Wildman–Crippen MR) is 122 cm³/mol. The minimum Gasteiger partial charge on any atom is -0.373 e. The van der Waals surface area contributed by atoms with Crippen molar-refractivity contribution < 1.29 is 22.7 Å². The number of hydrogen-bond donors (Lipinski definition) is 1. The highest BCUT2D eigenvalue weighted by Gasteiger charge is 2.41. The largest absolute Gasteiger partial charge is 0.406 e. The van der Waals surface area contributed by atoms with E-state index in [0.717, 1.165) is 20.1 Å². The van der Waals surface area contributed by atoms with Crippen molar-refractivity contribution in [2.24, 2.45) is 4.99 Å². The lowest BCUT2D eigenvalue weighted by atomic mass is 10.1. The van der Waals surface area contributed by atoms with Gasteiger partial charge in [0.15, 0.2) is 5.96 Å². The normalized spacial score (nSPS) is 22.0. The Balaban J connectivity index is 0.00000341. The molecule has 2 fully saturated rings. The molecule has 2 heterocycles. The molecule has 0 aliphatic carbocycles. The number of fused-ring (bicyclic) bond motifs is 1. The molecule has 0 spiro atoms. The zero-order valence-corrected chi connectivity index (χ0v) is 20.0. The number of carbonyl (C=O) groups excluding carboxylic acids is 1. The maximum Gasteiger partial charge on any atom is 0.406 e. The van der Waals surface area contributed by atoms with Crippen LogP contribution in [-0.2, 0) is 16.1 Å². The number of alkyl halides is 3. The highest BCUT2D eigenvalue weighted by atomic mass is 127. The number of amides is 1. The molecule has 7 nitrogen and oxygen atoms in total. The summed E-state index contributed by atoms with van der Waals surface area (Å²) in [6, 6.07) is 10.4. The third-order valence-corrected chi connectivity index (χ3v) is 5.40. The van der Waals surface area contributed by atoms with Crippen LogP contribution in [0.2, 0.25) is 0 Å². The molecule has 31 heavy (non-hydrogen) atoms. The van der Waals surface area contributed by atoms with Crippen LogP contribution in [0.15, 0.2) is 35.3 Å². The van der Waals surface area contributed by atoms with Crippen LogP contribution >= 0.6 is 24.0 Å². The standard InChI is InChI=1S/C20H28F3N5O2.HI/c1-24-19(25-10-18(29)26(2)14-20(21,22)23)28-12-16-17(13-28)30-9-8-27(16)11-15-6-4-3-5-7-15;/h3-7,16-17H,8-14H2,1-2H3,(H,24,25);1H. The topological polar surface area (TPSA) is 60.4 Å². The summed E-state index contributed by atoms with van der Waals surface area (Å²) < 4.78 is 43.4. The second-order valence-electron chi connectivity index (χ2n) is 7.60. The number of hydrogen-bond acceptors (Lipinski definition) is 4. The zero-order chi connectivity index (χ0) is 21.7. The maximum absolute atomic E-state index is 12.5. The summed E-state index contributed by atoms with van der Waals surface area (Å²) >= 11 is 0. The smallest absolute Gasteiger partial charge is 0.373 e. The minimum atomic E-state index is -4.42. The summed E-state index contributed by atoms with van der Waals surface area (Å²) in [7, 11) is 2.73. The fourth-order valence-corrected chi connectivity index (χ4v) is 3.92. The number of halogens is 4. The predicted octanol–water partition coefficient (Wildman–Crippen LogP) is 1.79. The van der Waals surface area contributed by atoms with Gasteiger partial charge in [0.2, 0.25) is 5.91 Å². The van der Waals surface area contributed by atoms with Gasteiger partial charge in [0, 0.05) is 40.3 Å². The van der Waals surface area contributed by atoms with E-state index >= 15 is 0 Å². The van der Waals surface area contributed by atoms with Gasteiger partial charge >= 0.3 is 6.18 Å². The lowest BCUT2D eigenvalue weighted by molar-refractivity contribution is -0.157. The number of likely N-dealkylation sites (tertiary alicyclic amines) is 1. The molecule has 0 radical (unpaired) electrons. The molecule has 1 N–H and O–H groups in total. The van der Waals surface area contributed by atoms with Gasteiger partial charge in [0.25, 0.3) is 0 Å². The number of morpholine rings is 1. The number of ether oxygens (including phenoxy) is 1. The molecule has 1 amide bonds. The number of nitrogens with zero attached hydrogens (tertiary/aromatic N) is 4. The number of aliphatic imine (C=N–C) groups is 1. The number of nitrogens with one attached hydrogen (secondary N) is 1. The summed E-state index contributed by atoms with van der Waals surface area (Å²) in [6.07, 6.45) is -4.40. The van der Waals surface area contributed by atoms with E-state index in [1.54, 1.807) is 7.05 Å². The molecule has 2 unspecified atom stereocenters. The average Bonchev–Trinajstić information content (AvgIpc) is 3.13. The highest BCUT2D eigenvalue weighted by Crippen LogP contribution is 2.24. The van der Waals surface area contributed by atoms with E-state index in [1.165, 1.54) is 5.56 Å². The van der Waals surface area contributed by atoms with Crippen molar-refractivity contribution in [1.29, 1.82) is 0 Å². The lowest BCUT2D eigenvalue weighted by Gasteiger charge is -2.36. The molecular weight excluding hydrogens is 526 g/mol. The van der Waals surface area contributed by atoms with Crippen LogP contribution in [0.4, 0.5) is 13.2 Å². The Hall–Kier alpha value is -1.60. The van der Waals surface area contributed by atoms with Crippen molar-refractivity contribution in [1.82, 2.24) is 20.0 Å². The van der Waals surface area contributed by atoms with E-state index in [1.807, 2.05) is 23.1 Å². The van der Waals surface area contributed by atoms with E-state index < -0.39 is 18.6 Å². The van der Waals surface area contributed by atoms with E-state index in [4.69, 9.17) is 4.74 Å². The van der Waals surface area contributed by atoms with Crippen molar-refractivity contribution in [3.63, 3.8) is 0 Å². The summed E-state index contributed by atoms with van der Waals surface area (Å²) in [6.45, 7) is 2.06. The van der Waals surface area contributed by atoms with E-state index in [0.29, 0.717) is 30.6 Å². The van der Waals surface area contributed by atoms with Gasteiger partial charge in [-0.3, -0.25) is 14.7 Å². The molecule has 2 aliphatic heterocycles. The molecule has 3 rings (SSSR count). The van der Waals surface area contributed by atoms with Gasteiger partial charge in [0.1, 0.15) is 6.54 Å². The first kappa shape index (κ1) is 25.7. The molecule has 1 aromatic rings. The Labute approximate surface area is 197 Å². The summed E-state index contributed by atoms with van der Waals surface area (Å²) in [5, 5.41) is 2.90. The minimum absolute atomic E-state index is 0. The van der Waals surface area contributed by atoms with E-state index in [-0.39, 0.29) is 42.7 Å². The first-order valence-electron chi connectivity index (χ1n) is 9.92. The van der Waals surface area contributed by atoms with Crippen molar-refractivity contribution in [3.8, 4) is 0 Å². The van der Waals surface area contributed by atoms with Crippen LogP contribution < -0.4 is 5.32 Å². The van der Waals surface area contributed by atoms with Crippen molar-refractivity contribution in [2.45, 2.75) is 24.9 Å². The molecular formula is C20H29F3IN5O2. The third-order valence-electron chi connectivity index (χ3n) is 5.40. The average molecular weight is 555 g/mol. The van der Waals surface area contributed by atoms with Crippen molar-refractivity contribution >= 4 is 35.8 Å². The molecule has 0 saturated carbocycles. The highest BCUT2D eigenvalue weighted by molar-refractivity contribution is 14.0. The molecule has 0 bridgehead atoms. The number of rotatable bonds is 5. The van der Waals surface area contributed by atoms with Crippen LogP contribution in [-0.4, -0.2) is 98.3 Å². The van der Waals surface area contributed by atoms with Gasteiger partial charge in [-0.15, -0.1) is 24.0 Å². The van der Waals surface area contributed by atoms with Gasteiger partial charge in [-0.2, -0.15) is 13.2 Å². The number of likely N-dealkylation sites (N-methyl/N-ethyl adjacent to an activating group) is 1. The van der Waals surface area contributed by atoms with Crippen LogP contribution in [0, 0.1) is 0 Å².